The van der Waals surface area contributed by atoms with Crippen molar-refractivity contribution in [2.45, 2.75) is 36.7 Å². The van der Waals surface area contributed by atoms with Gasteiger partial charge in [0.15, 0.2) is 0 Å². The van der Waals surface area contributed by atoms with Gasteiger partial charge >= 0.3 is 6.75 Å². The summed E-state index contributed by atoms with van der Waals surface area (Å²) in [7, 11) is 0. The second-order valence-corrected chi connectivity index (χ2v) is 8.40. The molecule has 2 fully saturated rings. The van der Waals surface area contributed by atoms with E-state index < -0.39 is 30.7 Å². The summed E-state index contributed by atoms with van der Waals surface area (Å²) in [4.78, 5) is 32.6. The van der Waals surface area contributed by atoms with E-state index in [0.717, 1.165) is 5.69 Å². The van der Waals surface area contributed by atoms with Crippen molar-refractivity contribution < 1.29 is 34.1 Å². The lowest BCUT2D eigenvalue weighted by Crippen LogP contribution is -2.60. The number of carbonyl (C=O) groups is 2. The molecule has 3 aliphatic rings. The number of benzene rings is 1. The highest BCUT2D eigenvalue weighted by molar-refractivity contribution is 6.62. The first-order chi connectivity index (χ1) is 14.7. The van der Waals surface area contributed by atoms with E-state index in [1.165, 1.54) is 17.3 Å². The quantitative estimate of drug-likeness (QED) is 0.384. The van der Waals surface area contributed by atoms with Crippen molar-refractivity contribution >= 4 is 18.6 Å². The average molecular weight is 428 g/mol. The molecule has 0 spiro atoms. The maximum atomic E-state index is 12.5. The fraction of sp³-hybridized carbons (Fsp3) is 0.421. The normalized spacial score (nSPS) is 24.3. The number of nitrogens with two attached hydrogens (primary N) is 1. The number of fused-ring (bicyclic) bond motifs is 3. The summed E-state index contributed by atoms with van der Waals surface area (Å²) in [6.45, 7) is -2.63. The van der Waals surface area contributed by atoms with Gasteiger partial charge in [-0.2, -0.15) is 0 Å². The molecule has 1 aromatic carbocycles. The SMILES string of the molecule is N[C@@H](Cc1cnc[nH]1)C(=O)N1CC(Oc2ccc3c(c2C(=O)[O-])O[B-](O)(O)[C@H]2C[C@@H]32)C1. The van der Waals surface area contributed by atoms with Gasteiger partial charge in [-0.3, -0.25) is 4.79 Å². The molecule has 12 heteroatoms. The van der Waals surface area contributed by atoms with Gasteiger partial charge in [-0.05, 0) is 17.5 Å². The molecule has 31 heavy (non-hydrogen) atoms. The van der Waals surface area contributed by atoms with E-state index in [4.69, 9.17) is 15.1 Å². The average Bonchev–Trinajstić information content (AvgIpc) is 3.34. The van der Waals surface area contributed by atoms with Crippen molar-refractivity contribution in [3.8, 4) is 11.5 Å². The van der Waals surface area contributed by atoms with Crippen LogP contribution < -0.4 is 20.2 Å². The van der Waals surface area contributed by atoms with Gasteiger partial charge in [0.25, 0.3) is 0 Å². The molecule has 2 aromatic rings. The first kappa shape index (κ1) is 19.9. The van der Waals surface area contributed by atoms with Crippen LogP contribution in [-0.2, 0) is 11.2 Å². The molecule has 1 aliphatic carbocycles. The van der Waals surface area contributed by atoms with Crippen LogP contribution in [0.5, 0.6) is 11.5 Å². The van der Waals surface area contributed by atoms with Gasteiger partial charge in [-0.25, -0.2) is 4.98 Å². The zero-order valence-electron chi connectivity index (χ0n) is 16.4. The van der Waals surface area contributed by atoms with Crippen LogP contribution in [0.25, 0.3) is 0 Å². The molecule has 1 saturated carbocycles. The monoisotopic (exact) mass is 428 g/mol. The molecule has 5 N–H and O–H groups in total. The number of likely N-dealkylation sites (tertiary alicyclic amines) is 1. The lowest BCUT2D eigenvalue weighted by atomic mass is 9.68. The lowest BCUT2D eigenvalue weighted by molar-refractivity contribution is -0.255. The Kier molecular flexibility index (Phi) is 4.47. The van der Waals surface area contributed by atoms with Gasteiger partial charge < -0.3 is 45.0 Å². The van der Waals surface area contributed by atoms with Crippen molar-refractivity contribution in [3.05, 3.63) is 41.5 Å². The third-order valence-corrected chi connectivity index (χ3v) is 6.21. The number of carboxylic acid groups (broad SMARTS) is 1. The van der Waals surface area contributed by atoms with E-state index in [1.807, 2.05) is 0 Å². The van der Waals surface area contributed by atoms with Crippen LogP contribution in [0.15, 0.2) is 24.7 Å². The molecule has 1 amide bonds. The van der Waals surface area contributed by atoms with E-state index >= 15 is 0 Å². The van der Waals surface area contributed by atoms with Crippen LogP contribution >= 0.6 is 0 Å². The molecule has 164 valence electrons. The van der Waals surface area contributed by atoms with Crippen LogP contribution in [0.2, 0.25) is 5.82 Å². The fourth-order valence-corrected chi connectivity index (χ4v) is 4.43. The minimum Gasteiger partial charge on any atom is -0.669 e. The molecule has 11 nitrogen and oxygen atoms in total. The Balaban J connectivity index is 1.27. The molecular formula is C19H21BN4O7-2. The smallest absolute Gasteiger partial charge is 0.434 e. The molecule has 0 radical (unpaired) electrons. The molecule has 1 aromatic heterocycles. The van der Waals surface area contributed by atoms with Gasteiger partial charge in [0, 0.05) is 18.3 Å². The number of nitrogens with zero attached hydrogens (tertiary/aromatic N) is 2. The number of rotatable bonds is 6. The van der Waals surface area contributed by atoms with Crippen molar-refractivity contribution in [3.63, 3.8) is 0 Å². The van der Waals surface area contributed by atoms with E-state index in [9.17, 15) is 24.7 Å². The van der Waals surface area contributed by atoms with Crippen molar-refractivity contribution in [2.75, 3.05) is 13.1 Å². The van der Waals surface area contributed by atoms with Gasteiger partial charge in [0.1, 0.15) is 11.9 Å². The van der Waals surface area contributed by atoms with Crippen molar-refractivity contribution in [1.82, 2.24) is 14.9 Å². The highest BCUT2D eigenvalue weighted by Crippen LogP contribution is 2.63. The molecule has 2 aliphatic heterocycles. The number of H-pyrrole nitrogens is 1. The number of nitrogens with one attached hydrogen (secondary N) is 1. The highest BCUT2D eigenvalue weighted by atomic mass is 16.6. The summed E-state index contributed by atoms with van der Waals surface area (Å²) in [5.74, 6) is -2.47. The number of imidazole rings is 1. The second kappa shape index (κ2) is 6.97. The molecule has 3 heterocycles. The molecule has 3 atom stereocenters. The van der Waals surface area contributed by atoms with Gasteiger partial charge in [0.2, 0.25) is 5.91 Å². The summed E-state index contributed by atoms with van der Waals surface area (Å²) in [6.07, 6.45) is 3.53. The Bertz CT molecular complexity index is 1040. The molecule has 0 unspecified atom stereocenters. The zero-order chi connectivity index (χ0) is 21.9. The summed E-state index contributed by atoms with van der Waals surface area (Å²) >= 11 is 0. The highest BCUT2D eigenvalue weighted by Gasteiger charge is 2.55. The fourth-order valence-electron chi connectivity index (χ4n) is 4.43. The van der Waals surface area contributed by atoms with Gasteiger partial charge in [-0.1, -0.05) is 18.3 Å². The third-order valence-electron chi connectivity index (χ3n) is 6.21. The number of aromatic carboxylic acids is 1. The maximum absolute atomic E-state index is 12.5. The van der Waals surface area contributed by atoms with Gasteiger partial charge in [-0.15, -0.1) is 0 Å². The molecular weight excluding hydrogens is 407 g/mol. The first-order valence-electron chi connectivity index (χ1n) is 10.1. The van der Waals surface area contributed by atoms with Crippen LogP contribution in [0.4, 0.5) is 0 Å². The standard InChI is InChI=1S/C19H22BN4O7/c21-14(3-9-5-22-8-23-9)18(25)24-6-10(7-24)30-15-2-1-11-12-4-13(12)20(28,29)31-17(11)16(15)19(26)27/h1-2,5,8,10,12-14,28-29H,3-4,6-7,21H2,(H,22,23)(H,26,27)/q-1/p-1/t12-,13-,14-/m0/s1. The Morgan fingerprint density at radius 3 is 2.87 bits per heavy atom. The zero-order valence-corrected chi connectivity index (χ0v) is 16.4. The third kappa shape index (κ3) is 3.42. The number of aromatic amines is 1. The Morgan fingerprint density at radius 2 is 2.19 bits per heavy atom. The van der Waals surface area contributed by atoms with E-state index in [1.54, 1.807) is 12.3 Å². The minimum absolute atomic E-state index is 0.00306. The predicted octanol–water partition coefficient (Wildman–Crippen LogP) is -1.89. The van der Waals surface area contributed by atoms with E-state index in [0.29, 0.717) is 18.4 Å². The van der Waals surface area contributed by atoms with Crippen molar-refractivity contribution in [1.29, 1.82) is 0 Å². The van der Waals surface area contributed by atoms with E-state index in [-0.39, 0.29) is 42.0 Å². The second-order valence-electron chi connectivity index (χ2n) is 8.40. The topological polar surface area (TPSA) is 174 Å². The minimum atomic E-state index is -3.13. The number of amides is 1. The number of aromatic nitrogens is 2. The predicted molar refractivity (Wildman–Crippen MR) is 104 cm³/mol. The maximum Gasteiger partial charge on any atom is 0.434 e. The summed E-state index contributed by atoms with van der Waals surface area (Å²) < 4.78 is 11.0. The number of carbonyl (C=O) groups excluding carboxylic acids is 2. The molecule has 1 saturated heterocycles. The van der Waals surface area contributed by atoms with Crippen molar-refractivity contribution in [2.24, 2.45) is 5.73 Å². The molecule has 5 rings (SSSR count). The first-order valence-corrected chi connectivity index (χ1v) is 10.1. The Morgan fingerprint density at radius 1 is 1.42 bits per heavy atom. The Hall–Kier alpha value is -3.09. The van der Waals surface area contributed by atoms with Crippen LogP contribution in [0.3, 0.4) is 0 Å². The summed E-state index contributed by atoms with van der Waals surface area (Å²) in [6, 6.07) is 2.47. The van der Waals surface area contributed by atoms with Gasteiger partial charge in [0.05, 0.1) is 42.7 Å². The largest absolute Gasteiger partial charge is 0.669 e. The Labute approximate surface area is 176 Å². The van der Waals surface area contributed by atoms with Crippen LogP contribution in [-0.4, -0.2) is 68.8 Å². The van der Waals surface area contributed by atoms with E-state index in [2.05, 4.69) is 9.97 Å². The summed E-state index contributed by atoms with van der Waals surface area (Å²) in [5.41, 5.74) is 6.98. The number of hydrogen-bond donors (Lipinski definition) is 4. The number of ether oxygens (including phenoxy) is 1. The number of carboxylic acids is 1. The summed E-state index contributed by atoms with van der Waals surface area (Å²) in [5, 5.41) is 32.0. The van der Waals surface area contributed by atoms with Crippen LogP contribution in [0.1, 0.15) is 34.0 Å². The lowest BCUT2D eigenvalue weighted by Gasteiger charge is -2.41. The van der Waals surface area contributed by atoms with Crippen LogP contribution in [0, 0.1) is 0 Å². The number of hydrogen-bond acceptors (Lipinski definition) is 9. The molecule has 0 bridgehead atoms.